The number of methoxy groups -OCH3 is 1. The number of benzene rings is 2. The Kier molecular flexibility index (Phi) is 5.80. The largest absolute Gasteiger partial charge is 0.496 e. The third kappa shape index (κ3) is 4.60. The summed E-state index contributed by atoms with van der Waals surface area (Å²) in [6.07, 6.45) is 1.53. The molecule has 0 atom stereocenters. The van der Waals surface area contributed by atoms with Crippen LogP contribution in [0.4, 0.5) is 0 Å². The third-order valence-corrected chi connectivity index (χ3v) is 3.59. The molecule has 0 heterocycles. The van der Waals surface area contributed by atoms with Crippen LogP contribution in [0, 0.1) is 22.7 Å². The van der Waals surface area contributed by atoms with Gasteiger partial charge in [-0.3, -0.25) is 0 Å². The summed E-state index contributed by atoms with van der Waals surface area (Å²) in [5.41, 5.74) is 1.63. The summed E-state index contributed by atoms with van der Waals surface area (Å²) in [6, 6.07) is 16.6. The number of hydrogen-bond donors (Lipinski definition) is 0. The Bertz CT molecular complexity index is 783. The van der Waals surface area contributed by atoms with Crippen LogP contribution >= 0.6 is 15.9 Å². The summed E-state index contributed by atoms with van der Waals surface area (Å²) in [6.45, 7) is 0.320. The number of hydrogen-bond acceptors (Lipinski definition) is 4. The van der Waals surface area contributed by atoms with Gasteiger partial charge >= 0.3 is 0 Å². The van der Waals surface area contributed by atoms with Crippen LogP contribution in [-0.2, 0) is 6.61 Å². The number of ether oxygens (including phenoxy) is 2. The Morgan fingerprint density at radius 3 is 2.43 bits per heavy atom. The van der Waals surface area contributed by atoms with Crippen molar-refractivity contribution in [3.05, 3.63) is 63.6 Å². The average Bonchev–Trinajstić information content (AvgIpc) is 2.59. The molecule has 0 aliphatic heterocycles. The smallest absolute Gasteiger partial charge is 0.130 e. The lowest BCUT2D eigenvalue weighted by Gasteiger charge is -2.11. The van der Waals surface area contributed by atoms with Crippen molar-refractivity contribution in [1.29, 1.82) is 10.5 Å². The van der Waals surface area contributed by atoms with Crippen molar-refractivity contribution in [3.8, 4) is 23.6 Å². The monoisotopic (exact) mass is 368 g/mol. The second-order valence-electron chi connectivity index (χ2n) is 4.60. The lowest BCUT2D eigenvalue weighted by atomic mass is 10.1. The summed E-state index contributed by atoms with van der Waals surface area (Å²) < 4.78 is 12.1. The van der Waals surface area contributed by atoms with E-state index in [9.17, 15) is 0 Å². The molecule has 2 aromatic carbocycles. The summed E-state index contributed by atoms with van der Waals surface area (Å²) in [5.74, 6) is 1.43. The maximum absolute atomic E-state index is 8.84. The van der Waals surface area contributed by atoms with Gasteiger partial charge in [0, 0.05) is 10.0 Å². The molecule has 0 aliphatic rings. The number of nitrogens with zero attached hydrogens (tertiary/aromatic N) is 2. The number of rotatable bonds is 5. The van der Waals surface area contributed by atoms with Gasteiger partial charge in [-0.05, 0) is 48.0 Å². The molecule has 0 N–H and O–H groups in total. The normalized spacial score (nSPS) is 9.39. The van der Waals surface area contributed by atoms with E-state index in [4.69, 9.17) is 20.0 Å². The zero-order chi connectivity index (χ0) is 16.7. The summed E-state index contributed by atoms with van der Waals surface area (Å²) in [7, 11) is 1.59. The minimum atomic E-state index is 0.0509. The molecule has 0 amide bonds. The minimum Gasteiger partial charge on any atom is -0.496 e. The first-order valence-electron chi connectivity index (χ1n) is 6.73. The van der Waals surface area contributed by atoms with Gasteiger partial charge in [-0.15, -0.1) is 0 Å². The van der Waals surface area contributed by atoms with E-state index in [1.165, 1.54) is 6.08 Å². The highest BCUT2D eigenvalue weighted by molar-refractivity contribution is 9.10. The van der Waals surface area contributed by atoms with Crippen LogP contribution in [0.3, 0.4) is 0 Å². The molecule has 0 unspecified atom stereocenters. The topological polar surface area (TPSA) is 66.0 Å². The lowest BCUT2D eigenvalue weighted by molar-refractivity contribution is 0.296. The fourth-order valence-electron chi connectivity index (χ4n) is 1.95. The van der Waals surface area contributed by atoms with Gasteiger partial charge in [0.25, 0.3) is 0 Å². The van der Waals surface area contributed by atoms with E-state index in [-0.39, 0.29) is 5.57 Å². The van der Waals surface area contributed by atoms with E-state index in [1.54, 1.807) is 19.2 Å². The molecule has 0 radical (unpaired) electrons. The van der Waals surface area contributed by atoms with Crippen molar-refractivity contribution in [2.24, 2.45) is 0 Å². The Labute approximate surface area is 143 Å². The Morgan fingerprint density at radius 1 is 1.13 bits per heavy atom. The van der Waals surface area contributed by atoms with Crippen molar-refractivity contribution in [2.45, 2.75) is 6.61 Å². The quantitative estimate of drug-likeness (QED) is 0.730. The fourth-order valence-corrected chi connectivity index (χ4v) is 2.21. The molecule has 23 heavy (non-hydrogen) atoms. The van der Waals surface area contributed by atoms with E-state index >= 15 is 0 Å². The van der Waals surface area contributed by atoms with E-state index in [0.29, 0.717) is 12.4 Å². The van der Waals surface area contributed by atoms with Crippen LogP contribution in [0.15, 0.2) is 52.5 Å². The van der Waals surface area contributed by atoms with Gasteiger partial charge in [0.15, 0.2) is 0 Å². The lowest BCUT2D eigenvalue weighted by Crippen LogP contribution is -1.99. The Morgan fingerprint density at radius 2 is 1.83 bits per heavy atom. The second-order valence-corrected chi connectivity index (χ2v) is 5.51. The zero-order valence-corrected chi connectivity index (χ0v) is 14.0. The van der Waals surface area contributed by atoms with Crippen LogP contribution < -0.4 is 9.47 Å². The standard InChI is InChI=1S/C18H13BrN2O2/c1-22-18-7-2-13(8-14(10-20)11-21)9-15(18)12-23-17-5-3-16(19)4-6-17/h2-9H,12H2,1H3. The highest BCUT2D eigenvalue weighted by Gasteiger charge is 2.06. The van der Waals surface area contributed by atoms with Crippen LogP contribution in [0.5, 0.6) is 11.5 Å². The van der Waals surface area contributed by atoms with Gasteiger partial charge in [0.1, 0.15) is 35.8 Å². The van der Waals surface area contributed by atoms with Gasteiger partial charge < -0.3 is 9.47 Å². The van der Waals surface area contributed by atoms with E-state index in [0.717, 1.165) is 21.3 Å². The predicted molar refractivity (Wildman–Crippen MR) is 90.7 cm³/mol. The van der Waals surface area contributed by atoms with Gasteiger partial charge in [-0.25, -0.2) is 0 Å². The van der Waals surface area contributed by atoms with Crippen molar-refractivity contribution >= 4 is 22.0 Å². The molecule has 2 aromatic rings. The molecule has 0 saturated carbocycles. The molecule has 0 aromatic heterocycles. The fraction of sp³-hybridized carbons (Fsp3) is 0.111. The number of halogens is 1. The number of allylic oxidation sites excluding steroid dienone is 1. The van der Waals surface area contributed by atoms with Crippen LogP contribution in [0.25, 0.3) is 6.08 Å². The SMILES string of the molecule is COc1ccc(C=C(C#N)C#N)cc1COc1ccc(Br)cc1. The van der Waals surface area contributed by atoms with Crippen LogP contribution in [0.2, 0.25) is 0 Å². The van der Waals surface area contributed by atoms with E-state index in [1.807, 2.05) is 42.5 Å². The van der Waals surface area contributed by atoms with Crippen LogP contribution in [0.1, 0.15) is 11.1 Å². The highest BCUT2D eigenvalue weighted by atomic mass is 79.9. The first-order chi connectivity index (χ1) is 11.2. The molecule has 4 nitrogen and oxygen atoms in total. The molecule has 2 rings (SSSR count). The molecular formula is C18H13BrN2O2. The minimum absolute atomic E-state index is 0.0509. The third-order valence-electron chi connectivity index (χ3n) is 3.06. The Hall–Kier alpha value is -2.76. The molecule has 0 aliphatic carbocycles. The maximum atomic E-state index is 8.84. The van der Waals surface area contributed by atoms with Crippen molar-refractivity contribution in [1.82, 2.24) is 0 Å². The molecule has 5 heteroatoms. The molecule has 0 saturated heterocycles. The maximum Gasteiger partial charge on any atom is 0.130 e. The molecule has 0 spiro atoms. The Balaban J connectivity index is 2.22. The van der Waals surface area contributed by atoms with Crippen molar-refractivity contribution in [2.75, 3.05) is 7.11 Å². The van der Waals surface area contributed by atoms with Crippen LogP contribution in [-0.4, -0.2) is 7.11 Å². The van der Waals surface area contributed by atoms with E-state index < -0.39 is 0 Å². The van der Waals surface area contributed by atoms with Gasteiger partial charge in [0.2, 0.25) is 0 Å². The summed E-state index contributed by atoms with van der Waals surface area (Å²) in [5, 5.41) is 17.7. The second kappa shape index (κ2) is 8.03. The first kappa shape index (κ1) is 16.6. The van der Waals surface area contributed by atoms with Gasteiger partial charge in [-0.2, -0.15) is 10.5 Å². The van der Waals surface area contributed by atoms with Gasteiger partial charge in [-0.1, -0.05) is 22.0 Å². The average molecular weight is 369 g/mol. The highest BCUT2D eigenvalue weighted by Crippen LogP contribution is 2.24. The first-order valence-corrected chi connectivity index (χ1v) is 7.52. The molecular weight excluding hydrogens is 356 g/mol. The van der Waals surface area contributed by atoms with Crippen molar-refractivity contribution < 1.29 is 9.47 Å². The summed E-state index contributed by atoms with van der Waals surface area (Å²) >= 11 is 3.38. The molecule has 114 valence electrons. The molecule has 0 fully saturated rings. The molecule has 0 bridgehead atoms. The summed E-state index contributed by atoms with van der Waals surface area (Å²) in [4.78, 5) is 0. The zero-order valence-electron chi connectivity index (χ0n) is 12.4. The van der Waals surface area contributed by atoms with E-state index in [2.05, 4.69) is 15.9 Å². The van der Waals surface area contributed by atoms with Crippen molar-refractivity contribution in [3.63, 3.8) is 0 Å². The van der Waals surface area contributed by atoms with Gasteiger partial charge in [0.05, 0.1) is 7.11 Å². The number of nitriles is 2. The predicted octanol–water partition coefficient (Wildman–Crippen LogP) is 4.47.